The number of pyridine rings is 1. The Labute approximate surface area is 170 Å². The van der Waals surface area contributed by atoms with Gasteiger partial charge in [-0.15, -0.1) is 35.3 Å². The van der Waals surface area contributed by atoms with Crippen LogP contribution < -0.4 is 10.1 Å². The number of rotatable bonds is 7. The average Bonchev–Trinajstić information content (AvgIpc) is 2.97. The molecule has 0 fully saturated rings. The van der Waals surface area contributed by atoms with E-state index in [1.165, 1.54) is 0 Å². The summed E-state index contributed by atoms with van der Waals surface area (Å²) in [4.78, 5) is 15.5. The summed E-state index contributed by atoms with van der Waals surface area (Å²) in [5.41, 5.74) is 2.13. The molecule has 2 aromatic heterocycles. The lowest BCUT2D eigenvalue weighted by Crippen LogP contribution is -2.38. The Balaban J connectivity index is 0.00000312. The number of hydrogen-bond acceptors (Lipinski definition) is 5. The molecule has 0 amide bonds. The Morgan fingerprint density at radius 2 is 2.20 bits per heavy atom. The molecule has 0 bridgehead atoms. The van der Waals surface area contributed by atoms with Crippen LogP contribution >= 0.6 is 35.3 Å². The smallest absolute Gasteiger partial charge is 0.213 e. The van der Waals surface area contributed by atoms with Crippen LogP contribution in [0.2, 0.25) is 0 Å². The molecule has 0 aliphatic rings. The van der Waals surface area contributed by atoms with E-state index in [2.05, 4.69) is 32.5 Å². The molecule has 25 heavy (non-hydrogen) atoms. The minimum Gasteiger partial charge on any atom is -0.478 e. The van der Waals surface area contributed by atoms with Crippen LogP contribution in [0.15, 0.2) is 28.7 Å². The Kier molecular flexibility index (Phi) is 9.73. The Bertz CT molecular complexity index is 677. The monoisotopic (exact) mass is 475 g/mol. The zero-order valence-corrected chi connectivity index (χ0v) is 18.3. The lowest BCUT2D eigenvalue weighted by Gasteiger charge is -2.21. The highest BCUT2D eigenvalue weighted by Crippen LogP contribution is 2.12. The van der Waals surface area contributed by atoms with Crippen LogP contribution in [0.1, 0.15) is 30.1 Å². The van der Waals surface area contributed by atoms with Crippen LogP contribution in [0.5, 0.6) is 5.88 Å². The molecule has 2 aromatic rings. The molecule has 1 N–H and O–H groups in total. The normalized spacial score (nSPS) is 11.0. The van der Waals surface area contributed by atoms with Gasteiger partial charge in [0.25, 0.3) is 0 Å². The third kappa shape index (κ3) is 7.15. The molecule has 0 saturated heterocycles. The first-order valence-electron chi connectivity index (χ1n) is 8.10. The first-order valence-corrected chi connectivity index (χ1v) is 8.98. The molecular weight excluding hydrogens is 449 g/mol. The standard InChI is InChI=1S/C17H25N5OS.HI/c1-5-18-17(22(4)11-15-12-24-13(3)21-15)20-10-14-7-8-19-16(9-14)23-6-2;/h7-9,12H,5-6,10-11H2,1-4H3,(H,18,20);1H. The molecule has 0 atom stereocenters. The van der Waals surface area contributed by atoms with Gasteiger partial charge in [-0.1, -0.05) is 0 Å². The summed E-state index contributed by atoms with van der Waals surface area (Å²) in [6.07, 6.45) is 1.75. The minimum absolute atomic E-state index is 0. The highest BCUT2D eigenvalue weighted by Gasteiger charge is 2.08. The van der Waals surface area contributed by atoms with Gasteiger partial charge in [-0.3, -0.25) is 0 Å². The van der Waals surface area contributed by atoms with Crippen molar-refractivity contribution >= 4 is 41.3 Å². The fourth-order valence-electron chi connectivity index (χ4n) is 2.21. The highest BCUT2D eigenvalue weighted by molar-refractivity contribution is 14.0. The highest BCUT2D eigenvalue weighted by atomic mass is 127. The number of thiazole rings is 1. The van der Waals surface area contributed by atoms with Crippen molar-refractivity contribution in [3.8, 4) is 5.88 Å². The van der Waals surface area contributed by atoms with E-state index in [0.29, 0.717) is 19.0 Å². The van der Waals surface area contributed by atoms with Crippen molar-refractivity contribution in [1.82, 2.24) is 20.2 Å². The van der Waals surface area contributed by atoms with Gasteiger partial charge in [0.2, 0.25) is 5.88 Å². The van der Waals surface area contributed by atoms with Crippen molar-refractivity contribution in [1.29, 1.82) is 0 Å². The molecular formula is C17H26IN5OS. The maximum atomic E-state index is 5.44. The van der Waals surface area contributed by atoms with Crippen LogP contribution in [0.3, 0.4) is 0 Å². The van der Waals surface area contributed by atoms with Crippen molar-refractivity contribution in [3.63, 3.8) is 0 Å². The van der Waals surface area contributed by atoms with E-state index < -0.39 is 0 Å². The molecule has 0 saturated carbocycles. The molecule has 2 rings (SSSR count). The van der Waals surface area contributed by atoms with Gasteiger partial charge in [0.15, 0.2) is 5.96 Å². The number of ether oxygens (including phenoxy) is 1. The fraction of sp³-hybridized carbons (Fsp3) is 0.471. The quantitative estimate of drug-likeness (QED) is 0.378. The zero-order valence-electron chi connectivity index (χ0n) is 15.2. The van der Waals surface area contributed by atoms with E-state index in [-0.39, 0.29) is 24.0 Å². The van der Waals surface area contributed by atoms with Crippen LogP contribution in [-0.2, 0) is 13.1 Å². The average molecular weight is 475 g/mol. The van der Waals surface area contributed by atoms with E-state index in [1.807, 2.05) is 33.0 Å². The van der Waals surface area contributed by atoms with E-state index in [0.717, 1.165) is 35.3 Å². The van der Waals surface area contributed by atoms with E-state index in [1.54, 1.807) is 17.5 Å². The number of aromatic nitrogens is 2. The third-order valence-electron chi connectivity index (χ3n) is 3.27. The lowest BCUT2D eigenvalue weighted by atomic mass is 10.3. The molecule has 0 spiro atoms. The van der Waals surface area contributed by atoms with Crippen molar-refractivity contribution in [2.45, 2.75) is 33.9 Å². The van der Waals surface area contributed by atoms with Crippen LogP contribution in [0.25, 0.3) is 0 Å². The topological polar surface area (TPSA) is 62.6 Å². The molecule has 0 unspecified atom stereocenters. The van der Waals surface area contributed by atoms with Gasteiger partial charge >= 0.3 is 0 Å². The second kappa shape index (κ2) is 11.2. The van der Waals surface area contributed by atoms with Crippen LogP contribution in [0, 0.1) is 6.92 Å². The number of hydrogen-bond donors (Lipinski definition) is 1. The summed E-state index contributed by atoms with van der Waals surface area (Å²) in [5.74, 6) is 1.50. The Hall–Kier alpha value is -1.42. The van der Waals surface area contributed by atoms with Gasteiger partial charge < -0.3 is 15.0 Å². The number of nitrogens with zero attached hydrogens (tertiary/aromatic N) is 4. The number of aliphatic imine (C=N–C) groups is 1. The minimum atomic E-state index is 0. The Morgan fingerprint density at radius 1 is 1.40 bits per heavy atom. The van der Waals surface area contributed by atoms with Gasteiger partial charge in [-0.05, 0) is 32.4 Å². The summed E-state index contributed by atoms with van der Waals surface area (Å²) in [6, 6.07) is 3.89. The molecule has 0 radical (unpaired) electrons. The summed E-state index contributed by atoms with van der Waals surface area (Å²) in [6.45, 7) is 8.77. The Morgan fingerprint density at radius 3 is 2.84 bits per heavy atom. The predicted octanol–water partition coefficient (Wildman–Crippen LogP) is 3.46. The maximum absolute atomic E-state index is 5.44. The SMILES string of the molecule is CCNC(=NCc1ccnc(OCC)c1)N(C)Cc1csc(C)n1.I. The summed E-state index contributed by atoms with van der Waals surface area (Å²) in [5, 5.41) is 6.50. The van der Waals surface area contributed by atoms with E-state index in [4.69, 9.17) is 9.73 Å². The second-order valence-corrected chi connectivity index (χ2v) is 6.38. The van der Waals surface area contributed by atoms with E-state index >= 15 is 0 Å². The van der Waals surface area contributed by atoms with Gasteiger partial charge in [0.1, 0.15) is 0 Å². The molecule has 0 aliphatic carbocycles. The van der Waals surface area contributed by atoms with Gasteiger partial charge in [-0.2, -0.15) is 0 Å². The van der Waals surface area contributed by atoms with Crippen LogP contribution in [-0.4, -0.2) is 41.0 Å². The number of guanidine groups is 1. The van der Waals surface area contributed by atoms with Crippen molar-refractivity contribution in [2.75, 3.05) is 20.2 Å². The molecule has 8 heteroatoms. The largest absolute Gasteiger partial charge is 0.478 e. The van der Waals surface area contributed by atoms with Gasteiger partial charge in [0, 0.05) is 31.2 Å². The third-order valence-corrected chi connectivity index (χ3v) is 4.09. The fourth-order valence-corrected chi connectivity index (χ4v) is 2.81. The first kappa shape index (κ1) is 21.6. The zero-order chi connectivity index (χ0) is 17.4. The second-order valence-electron chi connectivity index (χ2n) is 5.32. The summed E-state index contributed by atoms with van der Waals surface area (Å²) >= 11 is 1.67. The van der Waals surface area contributed by atoms with Crippen LogP contribution in [0.4, 0.5) is 0 Å². The van der Waals surface area contributed by atoms with Crippen molar-refractivity contribution in [3.05, 3.63) is 40.0 Å². The summed E-state index contributed by atoms with van der Waals surface area (Å²) < 4.78 is 5.44. The van der Waals surface area contributed by atoms with Gasteiger partial charge in [0.05, 0.1) is 30.4 Å². The maximum Gasteiger partial charge on any atom is 0.213 e. The number of halogens is 1. The predicted molar refractivity (Wildman–Crippen MR) is 114 cm³/mol. The number of nitrogens with one attached hydrogen (secondary N) is 1. The molecule has 138 valence electrons. The van der Waals surface area contributed by atoms with Crippen molar-refractivity contribution < 1.29 is 4.74 Å². The molecule has 6 nitrogen and oxygen atoms in total. The van der Waals surface area contributed by atoms with Crippen molar-refractivity contribution in [2.24, 2.45) is 4.99 Å². The molecule has 2 heterocycles. The summed E-state index contributed by atoms with van der Waals surface area (Å²) in [7, 11) is 2.02. The van der Waals surface area contributed by atoms with E-state index in [9.17, 15) is 0 Å². The molecule has 0 aliphatic heterocycles. The lowest BCUT2D eigenvalue weighted by molar-refractivity contribution is 0.326. The first-order chi connectivity index (χ1) is 11.6. The molecule has 0 aromatic carbocycles. The number of aryl methyl sites for hydroxylation is 1. The van der Waals surface area contributed by atoms with Gasteiger partial charge in [-0.25, -0.2) is 15.0 Å².